The number of ether oxygens (including phenoxy) is 2. The van der Waals surface area contributed by atoms with E-state index < -0.39 is 11.9 Å². The van der Waals surface area contributed by atoms with Gasteiger partial charge in [0.05, 0.1) is 17.1 Å². The van der Waals surface area contributed by atoms with Gasteiger partial charge in [-0.1, -0.05) is 13.8 Å². The van der Waals surface area contributed by atoms with Crippen LogP contribution in [0.1, 0.15) is 73.1 Å². The van der Waals surface area contributed by atoms with Crippen molar-refractivity contribution in [2.24, 2.45) is 5.92 Å². The smallest absolute Gasteiger partial charge is 0.306 e. The van der Waals surface area contributed by atoms with Crippen LogP contribution in [0.4, 0.5) is 0 Å². The van der Waals surface area contributed by atoms with Gasteiger partial charge in [-0.05, 0) is 52.4 Å². The van der Waals surface area contributed by atoms with E-state index >= 15 is 0 Å². The standard InChI is InChI=1S/C16H32O4.C2H4O2/c1-7-15(3,19-5)11-9-13(14(17)18)10-12-16(4,8-2)20-6;1-2(3)4/h13H,7-12H2,1-6H3,(H,17,18);1H3,(H,3,4). The average molecular weight is 348 g/mol. The van der Waals surface area contributed by atoms with Crippen molar-refractivity contribution in [3.8, 4) is 0 Å². The Morgan fingerprint density at radius 3 is 1.38 bits per heavy atom. The van der Waals surface area contributed by atoms with Gasteiger partial charge < -0.3 is 19.7 Å². The fourth-order valence-corrected chi connectivity index (χ4v) is 2.20. The number of carbonyl (C=O) groups is 2. The first-order chi connectivity index (χ1) is 11.0. The predicted molar refractivity (Wildman–Crippen MR) is 94.3 cm³/mol. The van der Waals surface area contributed by atoms with Crippen molar-refractivity contribution in [3.63, 3.8) is 0 Å². The van der Waals surface area contributed by atoms with Gasteiger partial charge in [0.1, 0.15) is 0 Å². The van der Waals surface area contributed by atoms with Crippen LogP contribution in [0.15, 0.2) is 0 Å². The van der Waals surface area contributed by atoms with E-state index in [0.29, 0.717) is 12.8 Å². The number of carboxylic acid groups (broad SMARTS) is 2. The third kappa shape index (κ3) is 11.4. The lowest BCUT2D eigenvalue weighted by molar-refractivity contribution is -0.143. The summed E-state index contributed by atoms with van der Waals surface area (Å²) in [5, 5.41) is 16.8. The summed E-state index contributed by atoms with van der Waals surface area (Å²) in [6.07, 6.45) is 4.62. The molecular weight excluding hydrogens is 312 g/mol. The zero-order valence-corrected chi connectivity index (χ0v) is 16.3. The molecule has 0 saturated carbocycles. The van der Waals surface area contributed by atoms with E-state index in [9.17, 15) is 9.90 Å². The summed E-state index contributed by atoms with van der Waals surface area (Å²) in [5.41, 5.74) is -0.438. The van der Waals surface area contributed by atoms with Gasteiger partial charge in [-0.3, -0.25) is 9.59 Å². The van der Waals surface area contributed by atoms with Crippen LogP contribution >= 0.6 is 0 Å². The van der Waals surface area contributed by atoms with Crippen molar-refractivity contribution >= 4 is 11.9 Å². The maximum Gasteiger partial charge on any atom is 0.306 e. The van der Waals surface area contributed by atoms with Gasteiger partial charge in [-0.25, -0.2) is 0 Å². The summed E-state index contributed by atoms with van der Waals surface area (Å²) in [6, 6.07) is 0. The molecule has 0 amide bonds. The molecule has 0 rings (SSSR count). The van der Waals surface area contributed by atoms with E-state index in [4.69, 9.17) is 19.4 Å². The molecule has 144 valence electrons. The maximum atomic E-state index is 11.4. The number of hydrogen-bond acceptors (Lipinski definition) is 4. The number of rotatable bonds is 11. The highest BCUT2D eigenvalue weighted by Crippen LogP contribution is 2.29. The molecule has 0 bridgehead atoms. The van der Waals surface area contributed by atoms with E-state index in [1.165, 1.54) is 0 Å². The molecule has 0 aliphatic heterocycles. The number of hydrogen-bond donors (Lipinski definition) is 2. The fraction of sp³-hybridized carbons (Fsp3) is 0.889. The quantitative estimate of drug-likeness (QED) is 0.587. The first-order valence-corrected chi connectivity index (χ1v) is 8.51. The fourth-order valence-electron chi connectivity index (χ4n) is 2.20. The Kier molecular flexibility index (Phi) is 12.8. The Bertz CT molecular complexity index is 333. The molecule has 0 spiro atoms. The van der Waals surface area contributed by atoms with Crippen LogP contribution in [0.25, 0.3) is 0 Å². The summed E-state index contributed by atoms with van der Waals surface area (Å²) in [4.78, 5) is 20.4. The molecular formula is C18H36O6. The minimum absolute atomic E-state index is 0.219. The first kappa shape index (κ1) is 25.1. The summed E-state index contributed by atoms with van der Waals surface area (Å²) in [6.45, 7) is 9.30. The molecule has 0 fully saturated rings. The lowest BCUT2D eigenvalue weighted by Crippen LogP contribution is -2.30. The van der Waals surface area contributed by atoms with Crippen molar-refractivity contribution in [1.82, 2.24) is 0 Å². The molecule has 2 unspecified atom stereocenters. The highest BCUT2D eigenvalue weighted by molar-refractivity contribution is 5.69. The molecule has 0 radical (unpaired) electrons. The summed E-state index contributed by atoms with van der Waals surface area (Å²) < 4.78 is 11.0. The largest absolute Gasteiger partial charge is 0.481 e. The van der Waals surface area contributed by atoms with Gasteiger partial charge in [0.15, 0.2) is 0 Å². The summed E-state index contributed by atoms with van der Waals surface area (Å²) in [5.74, 6) is -1.87. The lowest BCUT2D eigenvalue weighted by atomic mass is 9.86. The molecule has 0 aromatic rings. The molecule has 0 aliphatic carbocycles. The van der Waals surface area contributed by atoms with Gasteiger partial charge in [0.2, 0.25) is 0 Å². The second kappa shape index (κ2) is 12.3. The Morgan fingerprint density at radius 2 is 1.21 bits per heavy atom. The monoisotopic (exact) mass is 348 g/mol. The second-order valence-corrected chi connectivity index (χ2v) is 6.65. The Morgan fingerprint density at radius 1 is 0.917 bits per heavy atom. The van der Waals surface area contributed by atoms with E-state index in [1.807, 2.05) is 13.8 Å². The molecule has 0 aliphatic rings. The first-order valence-electron chi connectivity index (χ1n) is 8.51. The molecule has 6 heteroatoms. The molecule has 6 nitrogen and oxygen atoms in total. The van der Waals surface area contributed by atoms with Crippen molar-refractivity contribution < 1.29 is 29.3 Å². The van der Waals surface area contributed by atoms with Crippen LogP contribution in [0.2, 0.25) is 0 Å². The Hall–Kier alpha value is -1.14. The highest BCUT2D eigenvalue weighted by atomic mass is 16.5. The lowest BCUT2D eigenvalue weighted by Gasteiger charge is -2.30. The predicted octanol–water partition coefficient (Wildman–Crippen LogP) is 3.97. The van der Waals surface area contributed by atoms with Crippen LogP contribution in [0, 0.1) is 5.92 Å². The van der Waals surface area contributed by atoms with Gasteiger partial charge in [0, 0.05) is 21.1 Å². The zero-order valence-electron chi connectivity index (χ0n) is 16.3. The Balaban J connectivity index is 0. The molecule has 0 aromatic carbocycles. The van der Waals surface area contributed by atoms with Crippen LogP contribution in [0.3, 0.4) is 0 Å². The number of carboxylic acids is 2. The zero-order chi connectivity index (χ0) is 19.4. The topological polar surface area (TPSA) is 93.1 Å². The Labute approximate surface area is 146 Å². The van der Waals surface area contributed by atoms with E-state index in [-0.39, 0.29) is 17.1 Å². The molecule has 0 saturated heterocycles. The highest BCUT2D eigenvalue weighted by Gasteiger charge is 2.28. The van der Waals surface area contributed by atoms with Gasteiger partial charge >= 0.3 is 5.97 Å². The second-order valence-electron chi connectivity index (χ2n) is 6.65. The minimum Gasteiger partial charge on any atom is -0.481 e. The van der Waals surface area contributed by atoms with E-state index in [1.54, 1.807) is 14.2 Å². The molecule has 2 N–H and O–H groups in total. The van der Waals surface area contributed by atoms with E-state index in [0.717, 1.165) is 32.6 Å². The van der Waals surface area contributed by atoms with Crippen molar-refractivity contribution in [3.05, 3.63) is 0 Å². The number of aliphatic carboxylic acids is 2. The molecule has 24 heavy (non-hydrogen) atoms. The molecule has 0 aromatic heterocycles. The van der Waals surface area contributed by atoms with Crippen molar-refractivity contribution in [2.45, 2.75) is 84.3 Å². The maximum absolute atomic E-state index is 11.4. The van der Waals surface area contributed by atoms with Crippen molar-refractivity contribution in [2.75, 3.05) is 14.2 Å². The van der Waals surface area contributed by atoms with Gasteiger partial charge in [0.25, 0.3) is 5.97 Å². The summed E-state index contributed by atoms with van der Waals surface area (Å²) >= 11 is 0. The van der Waals surface area contributed by atoms with Crippen molar-refractivity contribution in [1.29, 1.82) is 0 Å². The van der Waals surface area contributed by atoms with E-state index in [2.05, 4.69) is 13.8 Å². The third-order valence-electron chi connectivity index (χ3n) is 4.87. The number of methoxy groups -OCH3 is 2. The van der Waals surface area contributed by atoms with Crippen LogP contribution in [0.5, 0.6) is 0 Å². The third-order valence-corrected chi connectivity index (χ3v) is 4.87. The van der Waals surface area contributed by atoms with Gasteiger partial charge in [-0.15, -0.1) is 0 Å². The van der Waals surface area contributed by atoms with Crippen LogP contribution in [-0.4, -0.2) is 47.6 Å². The van der Waals surface area contributed by atoms with Crippen LogP contribution < -0.4 is 0 Å². The average Bonchev–Trinajstić information content (AvgIpc) is 2.53. The molecule has 2 atom stereocenters. The van der Waals surface area contributed by atoms with Gasteiger partial charge in [-0.2, -0.15) is 0 Å². The normalized spacial score (nSPS) is 17.0. The summed E-state index contributed by atoms with van der Waals surface area (Å²) in [7, 11) is 3.39. The SMILES string of the molecule is CC(=O)O.CCC(C)(CCC(CCC(C)(CC)OC)C(=O)O)OC. The van der Waals surface area contributed by atoms with Crippen LogP contribution in [-0.2, 0) is 19.1 Å². The minimum atomic E-state index is -0.833. The molecule has 0 heterocycles.